The minimum atomic E-state index is -0.651. The molecule has 12 heteroatoms. The monoisotopic (exact) mass is 649 g/mol. The summed E-state index contributed by atoms with van der Waals surface area (Å²) >= 11 is 0. The maximum atomic E-state index is 13.6. The first-order chi connectivity index (χ1) is 22.5. The van der Waals surface area contributed by atoms with Gasteiger partial charge in [-0.25, -0.2) is 10.1 Å². The number of benzene rings is 2. The quantitative estimate of drug-likeness (QED) is 0.188. The summed E-state index contributed by atoms with van der Waals surface area (Å²) < 4.78 is 36.6. The average molecular weight is 650 g/mol. The molecule has 0 bridgehead atoms. The molecule has 0 radical (unpaired) electrons. The number of methoxy groups -OCH3 is 4. The summed E-state index contributed by atoms with van der Waals surface area (Å²) in [6.07, 6.45) is 2.63. The molecule has 12 nitrogen and oxygen atoms in total. The molecule has 47 heavy (non-hydrogen) atoms. The number of H-pyrrole nitrogens is 1. The number of nitrogens with zero attached hydrogens (tertiary/aromatic N) is 4. The molecular formula is C35H47N5O7. The highest BCUT2D eigenvalue weighted by Gasteiger charge is 2.38. The van der Waals surface area contributed by atoms with Gasteiger partial charge in [-0.1, -0.05) is 20.3 Å². The molecule has 1 aliphatic rings. The molecule has 1 aliphatic heterocycles. The number of anilines is 1. The van der Waals surface area contributed by atoms with Crippen molar-refractivity contribution in [1.29, 1.82) is 0 Å². The summed E-state index contributed by atoms with van der Waals surface area (Å²) in [5, 5.41) is 7.42. The van der Waals surface area contributed by atoms with E-state index in [4.69, 9.17) is 33.4 Å². The fourth-order valence-electron chi connectivity index (χ4n) is 5.85. The summed E-state index contributed by atoms with van der Waals surface area (Å²) in [4.78, 5) is 20.9. The van der Waals surface area contributed by atoms with E-state index in [1.165, 1.54) is 0 Å². The molecule has 1 N–H and O–H groups in total. The van der Waals surface area contributed by atoms with E-state index in [1.807, 2.05) is 54.8 Å². The standard InChI is InChI=1S/C35H47N5O7/c1-9-10-11-29-36-30-31(40(29)20-35(4)21-46-34(2,3)47-22-35)33(41)38-37-32(30)39(18-23-12-14-25(42-5)16-27(23)44-7)19-24-13-15-26(43-6)17-28(24)45-8/h12-17H,9-11,18-22H2,1-8H3,(H,38,41). The van der Waals surface area contributed by atoms with Crippen LogP contribution in [0.3, 0.4) is 0 Å². The van der Waals surface area contributed by atoms with Crippen molar-refractivity contribution in [3.05, 3.63) is 63.7 Å². The first-order valence-corrected chi connectivity index (χ1v) is 16.0. The molecular weight excluding hydrogens is 602 g/mol. The topological polar surface area (TPSA) is 122 Å². The number of imidazole rings is 1. The van der Waals surface area contributed by atoms with Gasteiger partial charge in [-0.3, -0.25) is 4.79 Å². The number of hydrogen-bond acceptors (Lipinski definition) is 10. The Balaban J connectivity index is 1.65. The van der Waals surface area contributed by atoms with Crippen molar-refractivity contribution in [1.82, 2.24) is 19.7 Å². The molecule has 0 aliphatic carbocycles. The number of fused-ring (bicyclic) bond motifs is 1. The lowest BCUT2D eigenvalue weighted by Crippen LogP contribution is -2.47. The van der Waals surface area contributed by atoms with E-state index in [1.54, 1.807) is 28.4 Å². The third-order valence-corrected chi connectivity index (χ3v) is 8.58. The highest BCUT2D eigenvalue weighted by Crippen LogP contribution is 2.35. The Morgan fingerprint density at radius 1 is 0.894 bits per heavy atom. The van der Waals surface area contributed by atoms with Gasteiger partial charge in [0.1, 0.15) is 39.9 Å². The summed E-state index contributed by atoms with van der Waals surface area (Å²) in [5.41, 5.74) is 2.14. The van der Waals surface area contributed by atoms with Crippen LogP contribution in [-0.4, -0.2) is 67.2 Å². The molecule has 0 atom stereocenters. The lowest BCUT2D eigenvalue weighted by molar-refractivity contribution is -0.284. The maximum absolute atomic E-state index is 13.6. The molecule has 5 rings (SSSR count). The largest absolute Gasteiger partial charge is 0.497 e. The predicted molar refractivity (Wildman–Crippen MR) is 180 cm³/mol. The van der Waals surface area contributed by atoms with Gasteiger partial charge in [-0.2, -0.15) is 5.10 Å². The third-order valence-electron chi connectivity index (χ3n) is 8.58. The van der Waals surface area contributed by atoms with Crippen LogP contribution in [0.2, 0.25) is 0 Å². The van der Waals surface area contributed by atoms with Crippen molar-refractivity contribution >= 4 is 16.9 Å². The second kappa shape index (κ2) is 14.2. The van der Waals surface area contributed by atoms with Gasteiger partial charge in [0.2, 0.25) is 0 Å². The van der Waals surface area contributed by atoms with Crippen molar-refractivity contribution in [2.45, 2.75) is 72.4 Å². The Hall–Kier alpha value is -4.29. The molecule has 254 valence electrons. The number of rotatable bonds is 14. The molecule has 4 aromatic rings. The molecule has 2 aromatic carbocycles. The molecule has 3 heterocycles. The normalized spacial score (nSPS) is 15.4. The van der Waals surface area contributed by atoms with Gasteiger partial charge in [0.15, 0.2) is 11.6 Å². The summed E-state index contributed by atoms with van der Waals surface area (Å²) in [7, 11) is 6.51. The average Bonchev–Trinajstić information content (AvgIpc) is 3.43. The second-order valence-corrected chi connectivity index (χ2v) is 12.8. The molecule has 0 spiro atoms. The van der Waals surface area contributed by atoms with E-state index in [2.05, 4.69) is 28.9 Å². The smallest absolute Gasteiger partial charge is 0.290 e. The van der Waals surface area contributed by atoms with Gasteiger partial charge in [-0.05, 0) is 44.5 Å². The zero-order chi connectivity index (χ0) is 33.8. The number of hydrogen-bond donors (Lipinski definition) is 1. The van der Waals surface area contributed by atoms with Gasteiger partial charge < -0.3 is 37.9 Å². The molecule has 1 saturated heterocycles. The number of ether oxygens (including phenoxy) is 6. The lowest BCUT2D eigenvalue weighted by Gasteiger charge is -2.41. The van der Waals surface area contributed by atoms with E-state index in [0.29, 0.717) is 79.1 Å². The van der Waals surface area contributed by atoms with Gasteiger partial charge in [0.25, 0.3) is 5.56 Å². The molecule has 0 unspecified atom stereocenters. The summed E-state index contributed by atoms with van der Waals surface area (Å²) in [5.74, 6) is 3.42. The van der Waals surface area contributed by atoms with E-state index < -0.39 is 5.79 Å². The van der Waals surface area contributed by atoms with Crippen molar-refractivity contribution in [2.75, 3.05) is 46.6 Å². The Kier molecular flexibility index (Phi) is 10.3. The van der Waals surface area contributed by atoms with E-state index in [0.717, 1.165) is 29.8 Å². The molecule has 1 fully saturated rings. The van der Waals surface area contributed by atoms with E-state index in [-0.39, 0.29) is 11.0 Å². The zero-order valence-electron chi connectivity index (χ0n) is 28.8. The third kappa shape index (κ3) is 7.49. The van der Waals surface area contributed by atoms with E-state index >= 15 is 0 Å². The number of nitrogens with one attached hydrogen (secondary N) is 1. The number of unbranched alkanes of at least 4 members (excludes halogenated alkanes) is 1. The fraction of sp³-hybridized carbons (Fsp3) is 0.514. The SMILES string of the molecule is CCCCc1nc2c(N(Cc3ccc(OC)cc3OC)Cc3ccc(OC)cc3OC)n[nH]c(=O)c2n1CC1(C)COC(C)(C)OC1. The van der Waals surface area contributed by atoms with Crippen LogP contribution in [-0.2, 0) is 35.5 Å². The van der Waals surface area contributed by atoms with Crippen molar-refractivity contribution in [3.8, 4) is 23.0 Å². The highest BCUT2D eigenvalue weighted by atomic mass is 16.7. The van der Waals surface area contributed by atoms with Gasteiger partial charge in [0, 0.05) is 54.7 Å². The predicted octanol–water partition coefficient (Wildman–Crippen LogP) is 5.49. The highest BCUT2D eigenvalue weighted by molar-refractivity contribution is 5.86. The molecule has 0 amide bonds. The van der Waals surface area contributed by atoms with Crippen molar-refractivity contribution in [3.63, 3.8) is 0 Å². The van der Waals surface area contributed by atoms with Crippen molar-refractivity contribution < 1.29 is 28.4 Å². The van der Waals surface area contributed by atoms with Crippen LogP contribution >= 0.6 is 0 Å². The minimum Gasteiger partial charge on any atom is -0.497 e. The van der Waals surface area contributed by atoms with Crippen LogP contribution in [0.5, 0.6) is 23.0 Å². The van der Waals surface area contributed by atoms with Crippen LogP contribution < -0.4 is 29.4 Å². The van der Waals surface area contributed by atoms with Crippen molar-refractivity contribution in [2.24, 2.45) is 5.41 Å². The van der Waals surface area contributed by atoms with Crippen LogP contribution in [0.1, 0.15) is 57.5 Å². The van der Waals surface area contributed by atoms with Gasteiger partial charge in [0.05, 0.1) is 41.7 Å². The lowest BCUT2D eigenvalue weighted by atomic mass is 9.91. The Morgan fingerprint density at radius 3 is 1.98 bits per heavy atom. The van der Waals surface area contributed by atoms with Crippen LogP contribution in [0.4, 0.5) is 5.82 Å². The first-order valence-electron chi connectivity index (χ1n) is 16.0. The zero-order valence-corrected chi connectivity index (χ0v) is 28.8. The number of aryl methyl sites for hydroxylation is 1. The number of aromatic nitrogens is 4. The fourth-order valence-corrected chi connectivity index (χ4v) is 5.85. The van der Waals surface area contributed by atoms with E-state index in [9.17, 15) is 4.79 Å². The maximum Gasteiger partial charge on any atom is 0.290 e. The summed E-state index contributed by atoms with van der Waals surface area (Å²) in [6.45, 7) is 10.4. The Bertz CT molecular complexity index is 1680. The molecule has 0 saturated carbocycles. The molecule has 2 aromatic heterocycles. The second-order valence-electron chi connectivity index (χ2n) is 12.8. The van der Waals surface area contributed by atoms with Gasteiger partial charge in [-0.15, -0.1) is 0 Å². The Morgan fingerprint density at radius 2 is 1.47 bits per heavy atom. The van der Waals surface area contributed by atoms with Gasteiger partial charge >= 0.3 is 0 Å². The first kappa shape index (κ1) is 34.1. The minimum absolute atomic E-state index is 0.301. The van der Waals surface area contributed by atoms with Crippen LogP contribution in [0.25, 0.3) is 11.0 Å². The Labute approximate surface area is 275 Å². The van der Waals surface area contributed by atoms with Crippen LogP contribution in [0.15, 0.2) is 41.2 Å². The van der Waals surface area contributed by atoms with Crippen LogP contribution in [0, 0.1) is 5.41 Å². The summed E-state index contributed by atoms with van der Waals surface area (Å²) in [6, 6.07) is 11.4. The number of aromatic amines is 1.